The summed E-state index contributed by atoms with van der Waals surface area (Å²) in [4.78, 5) is 14.1. The minimum absolute atomic E-state index is 0.0585. The molecular weight excluding hydrogens is 427 g/mol. The van der Waals surface area contributed by atoms with E-state index >= 15 is 0 Å². The molecule has 28 heavy (non-hydrogen) atoms. The zero-order valence-corrected chi connectivity index (χ0v) is 17.3. The first-order valence-corrected chi connectivity index (χ1v) is 10.6. The third-order valence-corrected chi connectivity index (χ3v) is 7.56. The molecule has 2 aliphatic rings. The quantitative estimate of drug-likeness (QED) is 0.421. The van der Waals surface area contributed by atoms with Crippen molar-refractivity contribution in [1.29, 1.82) is 0 Å². The number of aliphatic hydroxyl groups is 2. The molecule has 1 fully saturated rings. The van der Waals surface area contributed by atoms with Gasteiger partial charge in [0.25, 0.3) is 0 Å². The number of aromatic nitrogens is 3. The Morgan fingerprint density at radius 1 is 1.54 bits per heavy atom. The first-order chi connectivity index (χ1) is 13.1. The minimum Gasteiger partial charge on any atom is -0.511 e. The van der Waals surface area contributed by atoms with Gasteiger partial charge in [0.15, 0.2) is 0 Å². The number of allylic oxidation sites excluding steroid dienone is 2. The Balaban J connectivity index is 1.75. The molecule has 5 N–H and O–H groups in total. The molecule has 1 saturated carbocycles. The SMILES string of the molecule is N[C@@H](CSC1CC(CC(O)(Cn2cncn2)C2(Cl)CC2)=C(Cl)C=C1O)C(=O)O. The van der Waals surface area contributed by atoms with Crippen LogP contribution in [0.25, 0.3) is 0 Å². The standard InChI is InChI=1S/C17H22Cl2N4O4S/c18-11-4-13(24)14(28-6-12(20)15(25)26)3-10(11)5-17(27,16(19)1-2-16)7-23-9-21-8-22-23/h4,8-9,12,14,24,27H,1-3,5-7,20H2,(H,25,26)/t12-,14?,17?/m0/s1. The molecular formula is C17H22Cl2N4O4S. The van der Waals surface area contributed by atoms with Gasteiger partial charge in [-0.1, -0.05) is 11.6 Å². The van der Waals surface area contributed by atoms with Gasteiger partial charge in [-0.3, -0.25) is 4.79 Å². The maximum Gasteiger partial charge on any atom is 0.321 e. The van der Waals surface area contributed by atoms with Crippen LogP contribution in [0.15, 0.2) is 35.1 Å². The predicted octanol–water partition coefficient (Wildman–Crippen LogP) is 2.02. The number of carboxylic acid groups (broad SMARTS) is 1. The number of alkyl halides is 1. The summed E-state index contributed by atoms with van der Waals surface area (Å²) in [5, 5.41) is 34.6. The lowest BCUT2D eigenvalue weighted by molar-refractivity contribution is -0.137. The Hall–Kier alpha value is -1.26. The Labute approximate surface area is 176 Å². The van der Waals surface area contributed by atoms with Crippen molar-refractivity contribution in [3.8, 4) is 0 Å². The highest BCUT2D eigenvalue weighted by Crippen LogP contribution is 2.54. The first kappa shape index (κ1) is 21.4. The van der Waals surface area contributed by atoms with Crippen LogP contribution in [0.1, 0.15) is 25.7 Å². The summed E-state index contributed by atoms with van der Waals surface area (Å²) >= 11 is 14.2. The van der Waals surface area contributed by atoms with Crippen LogP contribution in [-0.2, 0) is 11.3 Å². The van der Waals surface area contributed by atoms with Gasteiger partial charge < -0.3 is 21.1 Å². The van der Waals surface area contributed by atoms with Crippen molar-refractivity contribution in [2.24, 2.45) is 5.73 Å². The van der Waals surface area contributed by atoms with E-state index in [0.717, 1.165) is 5.57 Å². The number of aliphatic hydroxyl groups excluding tert-OH is 1. The van der Waals surface area contributed by atoms with Crippen molar-refractivity contribution < 1.29 is 20.1 Å². The van der Waals surface area contributed by atoms with Gasteiger partial charge in [-0.05, 0) is 30.9 Å². The zero-order valence-electron chi connectivity index (χ0n) is 15.0. The Morgan fingerprint density at radius 2 is 2.25 bits per heavy atom. The summed E-state index contributed by atoms with van der Waals surface area (Å²) < 4.78 is 1.53. The minimum atomic E-state index is -1.29. The number of thioether (sulfide) groups is 1. The number of hydrogen-bond donors (Lipinski definition) is 4. The number of nitrogens with zero attached hydrogens (tertiary/aromatic N) is 3. The van der Waals surface area contributed by atoms with Crippen LogP contribution in [-0.4, -0.2) is 63.6 Å². The van der Waals surface area contributed by atoms with Crippen molar-refractivity contribution in [2.75, 3.05) is 5.75 Å². The molecule has 2 aliphatic carbocycles. The van der Waals surface area contributed by atoms with E-state index in [2.05, 4.69) is 10.1 Å². The van der Waals surface area contributed by atoms with E-state index in [0.29, 0.717) is 24.3 Å². The second-order valence-corrected chi connectivity index (χ2v) is 9.62. The molecule has 1 heterocycles. The molecule has 8 nitrogen and oxygen atoms in total. The number of halogens is 2. The first-order valence-electron chi connectivity index (χ1n) is 8.75. The molecule has 3 atom stereocenters. The third kappa shape index (κ3) is 4.65. The van der Waals surface area contributed by atoms with Gasteiger partial charge in [0.2, 0.25) is 0 Å². The van der Waals surface area contributed by atoms with E-state index in [4.69, 9.17) is 34.0 Å². The van der Waals surface area contributed by atoms with Crippen molar-refractivity contribution >= 4 is 40.9 Å². The second-order valence-electron chi connectivity index (χ2n) is 7.26. The summed E-state index contributed by atoms with van der Waals surface area (Å²) in [5.41, 5.74) is 5.01. The summed E-state index contributed by atoms with van der Waals surface area (Å²) in [5.74, 6) is -0.894. The van der Waals surface area contributed by atoms with Crippen molar-refractivity contribution in [1.82, 2.24) is 14.8 Å². The molecule has 0 aromatic carbocycles. The third-order valence-electron chi connectivity index (χ3n) is 5.09. The normalized spacial score (nSPS) is 24.4. The molecule has 0 aliphatic heterocycles. The smallest absolute Gasteiger partial charge is 0.321 e. The lowest BCUT2D eigenvalue weighted by Crippen LogP contribution is -2.46. The molecule has 0 bridgehead atoms. The van der Waals surface area contributed by atoms with Crippen LogP contribution in [0, 0.1) is 0 Å². The zero-order chi connectivity index (χ0) is 20.5. The highest BCUT2D eigenvalue weighted by Gasteiger charge is 2.58. The second kappa shape index (κ2) is 8.23. The van der Waals surface area contributed by atoms with Gasteiger partial charge >= 0.3 is 5.97 Å². The van der Waals surface area contributed by atoms with Gasteiger partial charge in [0.05, 0.1) is 16.7 Å². The van der Waals surface area contributed by atoms with E-state index in [1.54, 1.807) is 0 Å². The fourth-order valence-corrected chi connectivity index (χ4v) is 4.83. The number of rotatable bonds is 9. The summed E-state index contributed by atoms with van der Waals surface area (Å²) in [6.07, 6.45) is 6.27. The van der Waals surface area contributed by atoms with Gasteiger partial charge in [0, 0.05) is 17.2 Å². The fourth-order valence-electron chi connectivity index (χ4n) is 3.21. The molecule has 1 aromatic heterocycles. The fraction of sp³-hybridized carbons (Fsp3) is 0.588. The van der Waals surface area contributed by atoms with Crippen molar-refractivity contribution in [3.05, 3.63) is 35.1 Å². The Kier molecular flexibility index (Phi) is 6.31. The average Bonchev–Trinajstić information content (AvgIpc) is 3.19. The van der Waals surface area contributed by atoms with Crippen LogP contribution >= 0.6 is 35.0 Å². The monoisotopic (exact) mass is 448 g/mol. The molecule has 2 unspecified atom stereocenters. The van der Waals surface area contributed by atoms with Crippen molar-refractivity contribution in [3.63, 3.8) is 0 Å². The van der Waals surface area contributed by atoms with Crippen LogP contribution < -0.4 is 5.73 Å². The predicted molar refractivity (Wildman–Crippen MR) is 107 cm³/mol. The van der Waals surface area contributed by atoms with Gasteiger partial charge in [-0.15, -0.1) is 23.4 Å². The van der Waals surface area contributed by atoms with E-state index < -0.39 is 22.5 Å². The van der Waals surface area contributed by atoms with Gasteiger partial charge in [-0.2, -0.15) is 5.10 Å². The topological polar surface area (TPSA) is 134 Å². The molecule has 3 rings (SSSR count). The van der Waals surface area contributed by atoms with Crippen LogP contribution in [0.2, 0.25) is 0 Å². The molecule has 1 aromatic rings. The number of carbonyl (C=O) groups is 1. The van der Waals surface area contributed by atoms with E-state index in [-0.39, 0.29) is 29.7 Å². The maximum atomic E-state index is 11.4. The molecule has 0 spiro atoms. The Morgan fingerprint density at radius 3 is 2.82 bits per heavy atom. The largest absolute Gasteiger partial charge is 0.511 e. The van der Waals surface area contributed by atoms with Crippen LogP contribution in [0.5, 0.6) is 0 Å². The van der Waals surface area contributed by atoms with E-state index in [1.807, 2.05) is 0 Å². The van der Waals surface area contributed by atoms with Crippen LogP contribution in [0.4, 0.5) is 0 Å². The number of aliphatic carboxylic acids is 1. The Bertz CT molecular complexity index is 797. The molecule has 11 heteroatoms. The highest BCUT2D eigenvalue weighted by atomic mass is 35.5. The van der Waals surface area contributed by atoms with Crippen molar-refractivity contribution in [2.45, 2.75) is 54.0 Å². The maximum absolute atomic E-state index is 11.4. The average molecular weight is 449 g/mol. The summed E-state index contributed by atoms with van der Waals surface area (Å²) in [7, 11) is 0. The van der Waals surface area contributed by atoms with Gasteiger partial charge in [0.1, 0.15) is 30.1 Å². The number of hydrogen-bond acceptors (Lipinski definition) is 7. The number of nitrogens with two attached hydrogens (primary N) is 1. The van der Waals surface area contributed by atoms with Crippen LogP contribution in [0.3, 0.4) is 0 Å². The highest BCUT2D eigenvalue weighted by molar-refractivity contribution is 8.00. The molecule has 0 saturated heterocycles. The lowest BCUT2D eigenvalue weighted by Gasteiger charge is -2.35. The molecule has 154 valence electrons. The summed E-state index contributed by atoms with van der Waals surface area (Å²) in [6.45, 7) is 0.168. The van der Waals surface area contributed by atoms with E-state index in [1.165, 1.54) is 35.2 Å². The van der Waals surface area contributed by atoms with E-state index in [9.17, 15) is 15.0 Å². The summed E-state index contributed by atoms with van der Waals surface area (Å²) in [6, 6.07) is -1.02. The van der Waals surface area contributed by atoms with Gasteiger partial charge in [-0.25, -0.2) is 9.67 Å². The lowest BCUT2D eigenvalue weighted by atomic mass is 9.85. The number of carboxylic acids is 1. The molecule has 0 amide bonds. The molecule has 0 radical (unpaired) electrons.